The van der Waals surface area contributed by atoms with Gasteiger partial charge in [-0.15, -0.1) is 0 Å². The first-order chi connectivity index (χ1) is 16.4. The maximum atomic E-state index is 14.2. The predicted octanol–water partition coefficient (Wildman–Crippen LogP) is 4.47. The van der Waals surface area contributed by atoms with E-state index in [1.807, 2.05) is 6.92 Å². The Bertz CT molecular complexity index is 1260. The molecule has 3 N–H and O–H groups in total. The molecule has 4 heterocycles. The van der Waals surface area contributed by atoms with Gasteiger partial charge in [0.05, 0.1) is 47.6 Å². The summed E-state index contributed by atoms with van der Waals surface area (Å²) in [5.41, 5.74) is 2.94. The fraction of sp³-hybridized carbons (Fsp3) is 0.333. The zero-order valence-corrected chi connectivity index (χ0v) is 19.5. The van der Waals surface area contributed by atoms with Gasteiger partial charge in [-0.2, -0.15) is 0 Å². The lowest BCUT2D eigenvalue weighted by molar-refractivity contribution is -0.152. The van der Waals surface area contributed by atoms with Crippen LogP contribution < -0.4 is 20.1 Å². The van der Waals surface area contributed by atoms with Crippen molar-refractivity contribution in [1.82, 2.24) is 15.3 Å². The molecule has 2 aliphatic rings. The Kier molecular flexibility index (Phi) is 5.83. The monoisotopic (exact) mass is 486 g/mol. The third-order valence-corrected chi connectivity index (χ3v) is 6.39. The van der Waals surface area contributed by atoms with E-state index in [-0.39, 0.29) is 22.3 Å². The van der Waals surface area contributed by atoms with Crippen LogP contribution in [0.2, 0.25) is 5.02 Å². The number of rotatable bonds is 7. The van der Waals surface area contributed by atoms with E-state index in [4.69, 9.17) is 25.8 Å². The van der Waals surface area contributed by atoms with Gasteiger partial charge >= 0.3 is 0 Å². The van der Waals surface area contributed by atoms with Crippen LogP contribution in [0, 0.1) is 5.82 Å². The number of carbonyl (C=O) groups excluding carboxylic acids is 1. The lowest BCUT2D eigenvalue weighted by Gasteiger charge is -2.38. The van der Waals surface area contributed by atoms with E-state index < -0.39 is 5.82 Å². The number of amides is 1. The lowest BCUT2D eigenvalue weighted by atomic mass is 9.99. The maximum Gasteiger partial charge on any atom is 0.255 e. The number of carbonyl (C=O) groups is 1. The van der Waals surface area contributed by atoms with Crippen molar-refractivity contribution >= 4 is 28.9 Å². The first-order valence-electron chi connectivity index (χ1n) is 10.9. The fourth-order valence-electron chi connectivity index (χ4n) is 4.20. The molecule has 1 atom stereocenters. The molecule has 2 aromatic heterocycles. The molecule has 0 radical (unpaired) electrons. The van der Waals surface area contributed by atoms with E-state index in [9.17, 15) is 9.18 Å². The van der Waals surface area contributed by atoms with Gasteiger partial charge in [0.1, 0.15) is 23.8 Å². The minimum absolute atomic E-state index is 0.113. The molecule has 0 spiro atoms. The van der Waals surface area contributed by atoms with E-state index >= 15 is 0 Å². The standard InChI is InChI=1S/C24H24ClFN4O4/c1-24(5-8-34-24)12-33-18-11-27-6-3-14(18)20-21(19-16(29-20)4-7-28-23(19)31)30-17-10-13(26)9-15(25)22(17)32-2/h3,6,9-11,29-30H,4-5,7-8,12H2,1-2H3,(H,28,31)/t24-/m0/s1. The highest BCUT2D eigenvalue weighted by Gasteiger charge is 2.35. The molecule has 5 rings (SSSR count). The zero-order chi connectivity index (χ0) is 23.9. The van der Waals surface area contributed by atoms with E-state index in [2.05, 4.69) is 20.6 Å². The van der Waals surface area contributed by atoms with Crippen LogP contribution in [-0.4, -0.2) is 48.3 Å². The number of H-pyrrole nitrogens is 1. The normalized spacial score (nSPS) is 19.1. The number of hydrogen-bond donors (Lipinski definition) is 3. The van der Waals surface area contributed by atoms with Crippen LogP contribution in [-0.2, 0) is 11.2 Å². The van der Waals surface area contributed by atoms with Crippen molar-refractivity contribution in [1.29, 1.82) is 0 Å². The average Bonchev–Trinajstić information content (AvgIpc) is 3.16. The van der Waals surface area contributed by atoms with E-state index in [1.54, 1.807) is 18.5 Å². The number of anilines is 2. The van der Waals surface area contributed by atoms with Gasteiger partial charge in [0.25, 0.3) is 5.91 Å². The van der Waals surface area contributed by atoms with Gasteiger partial charge in [0, 0.05) is 42.9 Å². The fourth-order valence-corrected chi connectivity index (χ4v) is 4.48. The van der Waals surface area contributed by atoms with Crippen molar-refractivity contribution in [3.63, 3.8) is 0 Å². The molecule has 1 fully saturated rings. The highest BCUT2D eigenvalue weighted by molar-refractivity contribution is 6.32. The van der Waals surface area contributed by atoms with Gasteiger partial charge in [0.2, 0.25) is 0 Å². The predicted molar refractivity (Wildman–Crippen MR) is 126 cm³/mol. The summed E-state index contributed by atoms with van der Waals surface area (Å²) in [6, 6.07) is 4.24. The minimum atomic E-state index is -0.537. The number of nitrogens with zero attached hydrogens (tertiary/aromatic N) is 1. The molecule has 178 valence electrons. The van der Waals surface area contributed by atoms with Crippen LogP contribution >= 0.6 is 11.6 Å². The maximum absolute atomic E-state index is 14.2. The number of aromatic amines is 1. The molecule has 1 aromatic carbocycles. The van der Waals surface area contributed by atoms with E-state index in [0.29, 0.717) is 60.1 Å². The van der Waals surface area contributed by atoms with Gasteiger partial charge in [-0.25, -0.2) is 4.39 Å². The third kappa shape index (κ3) is 4.05. The molecule has 0 bridgehead atoms. The van der Waals surface area contributed by atoms with Crippen LogP contribution in [0.5, 0.6) is 11.5 Å². The molecular formula is C24H24ClFN4O4. The van der Waals surface area contributed by atoms with Crippen LogP contribution in [0.25, 0.3) is 11.3 Å². The Hall–Kier alpha value is -3.30. The van der Waals surface area contributed by atoms with Crippen LogP contribution in [0.3, 0.4) is 0 Å². The smallest absolute Gasteiger partial charge is 0.255 e. The number of methoxy groups -OCH3 is 1. The lowest BCUT2D eigenvalue weighted by Crippen LogP contribution is -2.45. The molecule has 0 aliphatic carbocycles. The topological polar surface area (TPSA) is 97.5 Å². The van der Waals surface area contributed by atoms with Gasteiger partial charge in [-0.05, 0) is 19.1 Å². The molecule has 3 aromatic rings. The SMILES string of the molecule is COc1c(Cl)cc(F)cc1Nc1c(-c2ccncc2OC[C@]2(C)CCO2)[nH]c2c1C(=O)NCC2. The Morgan fingerprint density at radius 2 is 2.21 bits per heavy atom. The molecule has 0 unspecified atom stereocenters. The molecule has 1 saturated heterocycles. The van der Waals surface area contributed by atoms with Crippen molar-refractivity contribution in [3.8, 4) is 22.8 Å². The Balaban J connectivity index is 1.61. The summed E-state index contributed by atoms with van der Waals surface area (Å²) in [5.74, 6) is 0.0250. The van der Waals surface area contributed by atoms with Crippen molar-refractivity contribution in [2.24, 2.45) is 0 Å². The second kappa shape index (κ2) is 8.81. The largest absolute Gasteiger partial charge is 0.493 e. The van der Waals surface area contributed by atoms with Crippen LogP contribution in [0.4, 0.5) is 15.8 Å². The number of aromatic nitrogens is 2. The quantitative estimate of drug-likeness (QED) is 0.456. The Morgan fingerprint density at radius 1 is 1.38 bits per heavy atom. The molecule has 1 amide bonds. The van der Waals surface area contributed by atoms with E-state index in [1.165, 1.54) is 19.2 Å². The van der Waals surface area contributed by atoms with Crippen LogP contribution in [0.1, 0.15) is 29.4 Å². The first kappa shape index (κ1) is 22.5. The Morgan fingerprint density at radius 3 is 2.94 bits per heavy atom. The van der Waals surface area contributed by atoms with Crippen molar-refractivity contribution in [3.05, 3.63) is 52.7 Å². The number of pyridine rings is 1. The minimum Gasteiger partial charge on any atom is -0.493 e. The van der Waals surface area contributed by atoms with Gasteiger partial charge < -0.3 is 29.8 Å². The molecule has 0 saturated carbocycles. The van der Waals surface area contributed by atoms with Gasteiger partial charge in [-0.3, -0.25) is 9.78 Å². The zero-order valence-electron chi connectivity index (χ0n) is 18.8. The third-order valence-electron chi connectivity index (χ3n) is 6.11. The highest BCUT2D eigenvalue weighted by atomic mass is 35.5. The number of benzene rings is 1. The second-order valence-electron chi connectivity index (χ2n) is 8.54. The molecule has 8 nitrogen and oxygen atoms in total. The summed E-state index contributed by atoms with van der Waals surface area (Å²) in [7, 11) is 1.45. The molecular weight excluding hydrogens is 463 g/mol. The van der Waals surface area contributed by atoms with Crippen molar-refractivity contribution < 1.29 is 23.4 Å². The number of fused-ring (bicyclic) bond motifs is 1. The summed E-state index contributed by atoms with van der Waals surface area (Å²) in [5, 5.41) is 6.17. The van der Waals surface area contributed by atoms with Gasteiger partial charge in [0.15, 0.2) is 5.75 Å². The first-order valence-corrected chi connectivity index (χ1v) is 11.3. The van der Waals surface area contributed by atoms with E-state index in [0.717, 1.165) is 12.1 Å². The molecule has 2 aliphatic heterocycles. The van der Waals surface area contributed by atoms with Crippen molar-refractivity contribution in [2.75, 3.05) is 32.2 Å². The van der Waals surface area contributed by atoms with Gasteiger partial charge in [-0.1, -0.05) is 11.6 Å². The van der Waals surface area contributed by atoms with Crippen molar-refractivity contribution in [2.45, 2.75) is 25.4 Å². The summed E-state index contributed by atoms with van der Waals surface area (Å²) < 4.78 is 31.4. The number of halogens is 2. The summed E-state index contributed by atoms with van der Waals surface area (Å²) in [6.07, 6.45) is 4.80. The summed E-state index contributed by atoms with van der Waals surface area (Å²) in [6.45, 7) is 3.58. The molecule has 10 heteroatoms. The number of nitrogens with one attached hydrogen (secondary N) is 3. The Labute approximate surface area is 200 Å². The average molecular weight is 487 g/mol. The number of ether oxygens (including phenoxy) is 3. The molecule has 34 heavy (non-hydrogen) atoms. The highest BCUT2D eigenvalue weighted by Crippen LogP contribution is 2.43. The summed E-state index contributed by atoms with van der Waals surface area (Å²) >= 11 is 6.20. The second-order valence-corrected chi connectivity index (χ2v) is 8.94. The number of hydrogen-bond acceptors (Lipinski definition) is 6. The van der Waals surface area contributed by atoms with Crippen LogP contribution in [0.15, 0.2) is 30.6 Å². The summed E-state index contributed by atoms with van der Waals surface area (Å²) in [4.78, 5) is 20.4.